The Morgan fingerprint density at radius 1 is 1.62 bits per heavy atom. The lowest BCUT2D eigenvalue weighted by Crippen LogP contribution is -2.58. The van der Waals surface area contributed by atoms with E-state index in [0.29, 0.717) is 0 Å². The van der Waals surface area contributed by atoms with Gasteiger partial charge in [0.1, 0.15) is 18.0 Å². The van der Waals surface area contributed by atoms with Crippen molar-refractivity contribution in [2.75, 3.05) is 12.3 Å². The number of ether oxygens (including phenoxy) is 1. The molecule has 1 fully saturated rings. The standard InChI is InChI=1S/C11H16N4O6/c1-5(17)14-11(4-16)8(19)7(18)9(21-11)15-3-2-6(12)13-10(15)20/h2-3,7-9,16,18-19H,4H2,1H3,(H,14,17)(H2,12,13,20). The molecule has 1 aromatic rings. The zero-order valence-corrected chi connectivity index (χ0v) is 11.1. The van der Waals surface area contributed by atoms with Crippen LogP contribution in [0.2, 0.25) is 0 Å². The maximum atomic E-state index is 11.8. The lowest BCUT2D eigenvalue weighted by atomic mass is 10.0. The summed E-state index contributed by atoms with van der Waals surface area (Å²) in [5.74, 6) is -0.599. The number of aliphatic hydroxyl groups is 3. The summed E-state index contributed by atoms with van der Waals surface area (Å²) in [6.45, 7) is 0.364. The van der Waals surface area contributed by atoms with Gasteiger partial charge in [0.2, 0.25) is 5.91 Å². The molecule has 4 atom stereocenters. The molecule has 10 nitrogen and oxygen atoms in total. The van der Waals surface area contributed by atoms with Crippen molar-refractivity contribution in [2.45, 2.75) is 31.1 Å². The Morgan fingerprint density at radius 3 is 2.81 bits per heavy atom. The lowest BCUT2D eigenvalue weighted by molar-refractivity contribution is -0.160. The molecule has 6 N–H and O–H groups in total. The number of aromatic nitrogens is 2. The highest BCUT2D eigenvalue weighted by atomic mass is 16.6. The Balaban J connectivity index is 2.39. The molecule has 10 heteroatoms. The van der Waals surface area contributed by atoms with Crippen molar-refractivity contribution in [3.63, 3.8) is 0 Å². The first-order chi connectivity index (χ1) is 9.80. The van der Waals surface area contributed by atoms with Gasteiger partial charge in [-0.25, -0.2) is 4.79 Å². The number of amides is 1. The summed E-state index contributed by atoms with van der Waals surface area (Å²) in [6.07, 6.45) is -3.31. The quantitative estimate of drug-likeness (QED) is 0.392. The SMILES string of the molecule is CC(=O)NC1(CO)OC(n2ccc(N)nc2=O)C(O)C1O. The molecule has 2 heterocycles. The van der Waals surface area contributed by atoms with E-state index in [2.05, 4.69) is 10.3 Å². The lowest BCUT2D eigenvalue weighted by Gasteiger charge is -2.30. The minimum absolute atomic E-state index is 0.0143. The van der Waals surface area contributed by atoms with Gasteiger partial charge in [-0.05, 0) is 6.07 Å². The summed E-state index contributed by atoms with van der Waals surface area (Å²) < 4.78 is 6.25. The van der Waals surface area contributed by atoms with Crippen molar-refractivity contribution in [1.82, 2.24) is 14.9 Å². The van der Waals surface area contributed by atoms with Gasteiger partial charge in [0.15, 0.2) is 12.0 Å². The first-order valence-electron chi connectivity index (χ1n) is 6.09. The zero-order valence-electron chi connectivity index (χ0n) is 11.1. The normalized spacial score (nSPS) is 32.1. The minimum atomic E-state index is -1.91. The highest BCUT2D eigenvalue weighted by Gasteiger charge is 2.55. The molecule has 0 saturated carbocycles. The molecule has 1 saturated heterocycles. The maximum Gasteiger partial charge on any atom is 0.351 e. The Bertz CT molecular complexity index is 605. The molecule has 1 aliphatic rings. The topological polar surface area (TPSA) is 160 Å². The minimum Gasteiger partial charge on any atom is -0.391 e. The Hall–Kier alpha value is -2.01. The number of nitrogens with one attached hydrogen (secondary N) is 1. The molecule has 0 radical (unpaired) electrons. The molecule has 2 rings (SSSR count). The summed E-state index contributed by atoms with van der Waals surface area (Å²) in [7, 11) is 0. The number of carbonyl (C=O) groups is 1. The molecule has 1 aliphatic heterocycles. The van der Waals surface area contributed by atoms with E-state index >= 15 is 0 Å². The second-order valence-electron chi connectivity index (χ2n) is 4.71. The number of nitrogens with two attached hydrogens (primary N) is 1. The second kappa shape index (κ2) is 5.41. The van der Waals surface area contributed by atoms with Crippen molar-refractivity contribution in [3.05, 3.63) is 22.7 Å². The van der Waals surface area contributed by atoms with Crippen LogP contribution in [0.15, 0.2) is 17.1 Å². The summed E-state index contributed by atoms with van der Waals surface area (Å²) in [4.78, 5) is 26.4. The average molecular weight is 300 g/mol. The number of rotatable bonds is 3. The van der Waals surface area contributed by atoms with Crippen LogP contribution in [0.25, 0.3) is 0 Å². The van der Waals surface area contributed by atoms with E-state index in [0.717, 1.165) is 11.5 Å². The second-order valence-corrected chi connectivity index (χ2v) is 4.71. The van der Waals surface area contributed by atoms with Crippen molar-refractivity contribution in [2.24, 2.45) is 0 Å². The van der Waals surface area contributed by atoms with E-state index in [-0.39, 0.29) is 5.82 Å². The van der Waals surface area contributed by atoms with Crippen molar-refractivity contribution in [3.8, 4) is 0 Å². The highest BCUT2D eigenvalue weighted by Crippen LogP contribution is 2.34. The van der Waals surface area contributed by atoms with E-state index in [1.54, 1.807) is 0 Å². The van der Waals surface area contributed by atoms with E-state index in [1.807, 2.05) is 0 Å². The third kappa shape index (κ3) is 2.61. The number of hydrogen-bond donors (Lipinski definition) is 5. The maximum absolute atomic E-state index is 11.8. The van der Waals surface area contributed by atoms with Crippen LogP contribution in [0, 0.1) is 0 Å². The first-order valence-corrected chi connectivity index (χ1v) is 6.09. The first kappa shape index (κ1) is 15.4. The molecular weight excluding hydrogens is 284 g/mol. The van der Waals surface area contributed by atoms with Crippen molar-refractivity contribution < 1.29 is 24.9 Å². The largest absolute Gasteiger partial charge is 0.391 e. The van der Waals surface area contributed by atoms with Crippen LogP contribution in [-0.2, 0) is 9.53 Å². The van der Waals surface area contributed by atoms with E-state index in [9.17, 15) is 24.9 Å². The molecule has 0 bridgehead atoms. The smallest absolute Gasteiger partial charge is 0.351 e. The van der Waals surface area contributed by atoms with Crippen LogP contribution in [0.4, 0.5) is 5.82 Å². The van der Waals surface area contributed by atoms with Gasteiger partial charge in [-0.15, -0.1) is 0 Å². The third-order valence-electron chi connectivity index (χ3n) is 3.17. The van der Waals surface area contributed by atoms with Gasteiger partial charge in [0, 0.05) is 13.1 Å². The molecule has 1 amide bonds. The van der Waals surface area contributed by atoms with Gasteiger partial charge < -0.3 is 31.1 Å². The van der Waals surface area contributed by atoms with Crippen LogP contribution in [0.5, 0.6) is 0 Å². The van der Waals surface area contributed by atoms with Gasteiger partial charge in [0.25, 0.3) is 0 Å². The number of carbonyl (C=O) groups excluding carboxylic acids is 1. The fourth-order valence-electron chi connectivity index (χ4n) is 2.20. The Kier molecular flexibility index (Phi) is 3.96. The summed E-state index contributed by atoms with van der Waals surface area (Å²) in [5, 5.41) is 31.7. The number of anilines is 1. The van der Waals surface area contributed by atoms with Crippen LogP contribution in [0.1, 0.15) is 13.2 Å². The van der Waals surface area contributed by atoms with Crippen LogP contribution < -0.4 is 16.7 Å². The number of aliphatic hydroxyl groups excluding tert-OH is 3. The highest BCUT2D eigenvalue weighted by molar-refractivity contribution is 5.73. The van der Waals surface area contributed by atoms with Gasteiger partial charge in [0.05, 0.1) is 6.61 Å². The molecule has 0 spiro atoms. The number of nitrogens with zero attached hydrogens (tertiary/aromatic N) is 2. The van der Waals surface area contributed by atoms with E-state index in [1.165, 1.54) is 12.3 Å². The molecule has 0 aliphatic carbocycles. The van der Waals surface area contributed by atoms with Crippen molar-refractivity contribution >= 4 is 11.7 Å². The zero-order chi connectivity index (χ0) is 15.8. The van der Waals surface area contributed by atoms with Gasteiger partial charge >= 0.3 is 5.69 Å². The van der Waals surface area contributed by atoms with Gasteiger partial charge in [-0.1, -0.05) is 0 Å². The van der Waals surface area contributed by atoms with Crippen molar-refractivity contribution in [1.29, 1.82) is 0 Å². The van der Waals surface area contributed by atoms with Crippen LogP contribution >= 0.6 is 0 Å². The molecule has 21 heavy (non-hydrogen) atoms. The summed E-state index contributed by atoms with van der Waals surface area (Å²) >= 11 is 0. The van der Waals surface area contributed by atoms with E-state index in [4.69, 9.17) is 10.5 Å². The molecule has 116 valence electrons. The molecule has 4 unspecified atom stereocenters. The summed E-state index contributed by atoms with van der Waals surface area (Å²) in [6, 6.07) is 1.31. The van der Waals surface area contributed by atoms with Gasteiger partial charge in [-0.3, -0.25) is 9.36 Å². The van der Waals surface area contributed by atoms with Crippen LogP contribution in [0.3, 0.4) is 0 Å². The molecule has 1 aromatic heterocycles. The Labute approximate surface area is 118 Å². The fourth-order valence-corrected chi connectivity index (χ4v) is 2.20. The monoisotopic (exact) mass is 300 g/mol. The average Bonchev–Trinajstić information content (AvgIpc) is 2.64. The predicted octanol–water partition coefficient (Wildman–Crippen LogP) is -3.10. The third-order valence-corrected chi connectivity index (χ3v) is 3.17. The predicted molar refractivity (Wildman–Crippen MR) is 68.7 cm³/mol. The van der Waals surface area contributed by atoms with Gasteiger partial charge in [-0.2, -0.15) is 4.98 Å². The molecule has 0 aromatic carbocycles. The summed E-state index contributed by atoms with van der Waals surface area (Å²) in [5.41, 5.74) is 2.65. The number of nitrogen functional groups attached to an aromatic ring is 1. The molecular formula is C11H16N4O6. The Morgan fingerprint density at radius 2 is 2.29 bits per heavy atom. The van der Waals surface area contributed by atoms with Crippen LogP contribution in [-0.4, -0.2) is 55.3 Å². The van der Waals surface area contributed by atoms with E-state index < -0.39 is 42.4 Å². The number of hydrogen-bond acceptors (Lipinski definition) is 8. The fraction of sp³-hybridized carbons (Fsp3) is 0.545.